The third-order valence-corrected chi connectivity index (χ3v) is 6.89. The van der Waals surface area contributed by atoms with Crippen LogP contribution in [-0.4, -0.2) is 28.4 Å². The van der Waals surface area contributed by atoms with Gasteiger partial charge >= 0.3 is 0 Å². The molecule has 0 saturated heterocycles. The van der Waals surface area contributed by atoms with Crippen molar-refractivity contribution in [2.24, 2.45) is 5.92 Å². The maximum atomic E-state index is 13.0. The molecule has 2 amide bonds. The number of rotatable bonds is 5. The second-order valence-corrected chi connectivity index (χ2v) is 9.02. The minimum atomic E-state index is -0.195. The van der Waals surface area contributed by atoms with Crippen LogP contribution in [0.25, 0.3) is 0 Å². The molecule has 2 saturated carbocycles. The lowest BCUT2D eigenvalue weighted by atomic mass is 9.91. The Morgan fingerprint density at radius 2 is 2.03 bits per heavy atom. The molecule has 0 aliphatic heterocycles. The van der Waals surface area contributed by atoms with Gasteiger partial charge in [0.2, 0.25) is 0 Å². The molecule has 1 heterocycles. The predicted molar refractivity (Wildman–Crippen MR) is 118 cm³/mol. The maximum Gasteiger partial charge on any atom is 0.270 e. The molecule has 0 radical (unpaired) electrons. The Bertz CT molecular complexity index is 948. The molecule has 2 N–H and O–H groups in total. The number of carbonyl (C=O) groups is 2. The van der Waals surface area contributed by atoms with Crippen LogP contribution in [0, 0.1) is 5.92 Å². The molecule has 2 fully saturated rings. The summed E-state index contributed by atoms with van der Waals surface area (Å²) in [4.78, 5) is 30.1. The van der Waals surface area contributed by atoms with Gasteiger partial charge in [-0.3, -0.25) is 14.6 Å². The Hall–Kier alpha value is -2.40. The van der Waals surface area contributed by atoms with Crippen LogP contribution < -0.4 is 10.6 Å². The van der Waals surface area contributed by atoms with Crippen molar-refractivity contribution in [3.05, 3.63) is 64.4 Å². The van der Waals surface area contributed by atoms with Gasteiger partial charge in [-0.1, -0.05) is 30.7 Å². The average Bonchev–Trinajstić information content (AvgIpc) is 3.08. The Labute approximate surface area is 182 Å². The van der Waals surface area contributed by atoms with Crippen LogP contribution in [0.4, 0.5) is 0 Å². The summed E-state index contributed by atoms with van der Waals surface area (Å²) in [5.41, 5.74) is 1.90. The summed E-state index contributed by atoms with van der Waals surface area (Å²) in [6.07, 6.45) is 8.14. The van der Waals surface area contributed by atoms with E-state index in [0.717, 1.165) is 50.5 Å². The summed E-state index contributed by atoms with van der Waals surface area (Å²) in [6, 6.07) is 11.0. The normalized spacial score (nSPS) is 25.4. The van der Waals surface area contributed by atoms with Gasteiger partial charge in [0, 0.05) is 28.4 Å². The second kappa shape index (κ2) is 8.76. The lowest BCUT2D eigenvalue weighted by Crippen LogP contribution is -2.47. The summed E-state index contributed by atoms with van der Waals surface area (Å²) >= 11 is 6.03. The van der Waals surface area contributed by atoms with Crippen LogP contribution in [0.15, 0.2) is 42.6 Å². The summed E-state index contributed by atoms with van der Waals surface area (Å²) in [7, 11) is 0. The number of nitrogens with one attached hydrogen (secondary N) is 2. The standard InChI is InChI=1S/C24H28ClN3O2/c1-2-16-7-5-13-26-21(16)23(30)28-24-11-4-9-20(18(15-24)10-12-24)27-22(29)17-6-3-8-19(25)14-17/h3,5-8,13-14,18,20H,2,4,9-12,15H2,1H3,(H,27,29)(H,28,30). The molecule has 5 nitrogen and oxygen atoms in total. The number of fused-ring (bicyclic) bond motifs is 2. The van der Waals surface area contributed by atoms with E-state index in [0.29, 0.717) is 22.2 Å². The molecular weight excluding hydrogens is 398 g/mol. The van der Waals surface area contributed by atoms with Crippen molar-refractivity contribution in [2.75, 3.05) is 0 Å². The first-order chi connectivity index (χ1) is 14.5. The number of benzene rings is 1. The van der Waals surface area contributed by atoms with Gasteiger partial charge in [0.25, 0.3) is 11.8 Å². The van der Waals surface area contributed by atoms with Gasteiger partial charge < -0.3 is 10.6 Å². The van der Waals surface area contributed by atoms with Gasteiger partial charge in [-0.15, -0.1) is 0 Å². The molecule has 2 bridgehead atoms. The van der Waals surface area contributed by atoms with Crippen molar-refractivity contribution in [2.45, 2.75) is 63.5 Å². The van der Waals surface area contributed by atoms with E-state index in [1.54, 1.807) is 30.5 Å². The number of halogens is 1. The van der Waals surface area contributed by atoms with Crippen molar-refractivity contribution < 1.29 is 9.59 Å². The molecule has 4 rings (SSSR count). The Kier molecular flexibility index (Phi) is 6.09. The fraction of sp³-hybridized carbons (Fsp3) is 0.458. The van der Waals surface area contributed by atoms with Crippen LogP contribution in [0.1, 0.15) is 71.9 Å². The molecule has 1 aromatic heterocycles. The van der Waals surface area contributed by atoms with Gasteiger partial charge in [0.05, 0.1) is 0 Å². The lowest BCUT2D eigenvalue weighted by Gasteiger charge is -2.30. The lowest BCUT2D eigenvalue weighted by molar-refractivity contribution is 0.0883. The molecule has 1 aromatic carbocycles. The van der Waals surface area contributed by atoms with E-state index in [1.807, 2.05) is 19.1 Å². The minimum Gasteiger partial charge on any atom is -0.349 e. The highest BCUT2D eigenvalue weighted by atomic mass is 35.5. The third-order valence-electron chi connectivity index (χ3n) is 6.66. The van der Waals surface area contributed by atoms with E-state index in [-0.39, 0.29) is 23.4 Å². The topological polar surface area (TPSA) is 71.1 Å². The third kappa shape index (κ3) is 4.36. The first kappa shape index (κ1) is 20.9. The first-order valence-electron chi connectivity index (χ1n) is 10.8. The number of aromatic nitrogens is 1. The largest absolute Gasteiger partial charge is 0.349 e. The molecule has 158 valence electrons. The zero-order chi connectivity index (χ0) is 21.1. The number of hydrogen-bond acceptors (Lipinski definition) is 3. The van der Waals surface area contributed by atoms with E-state index in [1.165, 1.54) is 0 Å². The van der Waals surface area contributed by atoms with Crippen molar-refractivity contribution in [1.82, 2.24) is 15.6 Å². The van der Waals surface area contributed by atoms with E-state index < -0.39 is 0 Å². The molecular formula is C24H28ClN3O2. The average molecular weight is 426 g/mol. The molecule has 2 aliphatic rings. The molecule has 2 aliphatic carbocycles. The number of pyridine rings is 1. The number of aryl methyl sites for hydroxylation is 1. The van der Waals surface area contributed by atoms with Crippen LogP contribution in [0.5, 0.6) is 0 Å². The smallest absolute Gasteiger partial charge is 0.270 e. The van der Waals surface area contributed by atoms with Crippen molar-refractivity contribution in [1.29, 1.82) is 0 Å². The number of amides is 2. The highest BCUT2D eigenvalue weighted by Crippen LogP contribution is 2.44. The first-order valence-corrected chi connectivity index (χ1v) is 11.2. The monoisotopic (exact) mass is 425 g/mol. The maximum absolute atomic E-state index is 13.0. The van der Waals surface area contributed by atoms with E-state index >= 15 is 0 Å². The SMILES string of the molecule is CCc1cccnc1C(=O)NC12CCCC(NC(=O)c3cccc(Cl)c3)C(CC1)C2. The predicted octanol–water partition coefficient (Wildman–Crippen LogP) is 4.55. The Morgan fingerprint density at radius 1 is 1.17 bits per heavy atom. The van der Waals surface area contributed by atoms with Gasteiger partial charge in [-0.25, -0.2) is 0 Å². The quantitative estimate of drug-likeness (QED) is 0.738. The summed E-state index contributed by atoms with van der Waals surface area (Å²) in [5.74, 6) is 0.215. The minimum absolute atomic E-state index is 0.0745. The molecule has 2 aromatic rings. The zero-order valence-corrected chi connectivity index (χ0v) is 18.0. The summed E-state index contributed by atoms with van der Waals surface area (Å²) in [6.45, 7) is 2.04. The Balaban J connectivity index is 1.44. The summed E-state index contributed by atoms with van der Waals surface area (Å²) in [5, 5.41) is 7.13. The number of nitrogens with zero attached hydrogens (tertiary/aromatic N) is 1. The van der Waals surface area contributed by atoms with Gasteiger partial charge in [0.1, 0.15) is 5.69 Å². The molecule has 30 heavy (non-hydrogen) atoms. The highest BCUT2D eigenvalue weighted by molar-refractivity contribution is 6.30. The van der Waals surface area contributed by atoms with Gasteiger partial charge in [0.15, 0.2) is 0 Å². The van der Waals surface area contributed by atoms with Crippen molar-refractivity contribution in [3.63, 3.8) is 0 Å². The fourth-order valence-electron chi connectivity index (χ4n) is 5.11. The van der Waals surface area contributed by atoms with E-state index in [9.17, 15) is 9.59 Å². The van der Waals surface area contributed by atoms with E-state index in [4.69, 9.17) is 11.6 Å². The molecule has 6 heteroatoms. The zero-order valence-electron chi connectivity index (χ0n) is 17.3. The Morgan fingerprint density at radius 3 is 2.83 bits per heavy atom. The van der Waals surface area contributed by atoms with Crippen molar-refractivity contribution >= 4 is 23.4 Å². The van der Waals surface area contributed by atoms with Gasteiger partial charge in [-0.05, 0) is 80.7 Å². The fourth-order valence-corrected chi connectivity index (χ4v) is 5.30. The second-order valence-electron chi connectivity index (χ2n) is 8.58. The molecule has 3 unspecified atom stereocenters. The highest BCUT2D eigenvalue weighted by Gasteiger charge is 2.45. The van der Waals surface area contributed by atoms with Crippen LogP contribution >= 0.6 is 11.6 Å². The van der Waals surface area contributed by atoms with Crippen LogP contribution in [0.3, 0.4) is 0 Å². The van der Waals surface area contributed by atoms with E-state index in [2.05, 4.69) is 15.6 Å². The van der Waals surface area contributed by atoms with Crippen LogP contribution in [0.2, 0.25) is 5.02 Å². The summed E-state index contributed by atoms with van der Waals surface area (Å²) < 4.78 is 0. The molecule has 3 atom stereocenters. The van der Waals surface area contributed by atoms with Crippen LogP contribution in [-0.2, 0) is 6.42 Å². The number of hydrogen-bond donors (Lipinski definition) is 2. The van der Waals surface area contributed by atoms with Gasteiger partial charge in [-0.2, -0.15) is 0 Å². The van der Waals surface area contributed by atoms with Crippen molar-refractivity contribution in [3.8, 4) is 0 Å². The molecule has 0 spiro atoms. The number of carbonyl (C=O) groups excluding carboxylic acids is 2.